The summed E-state index contributed by atoms with van der Waals surface area (Å²) in [7, 11) is 0. The molecule has 20 heavy (non-hydrogen) atoms. The van der Waals surface area contributed by atoms with E-state index in [1.54, 1.807) is 9.47 Å². The van der Waals surface area contributed by atoms with Gasteiger partial charge in [-0.15, -0.1) is 0 Å². The second-order valence-corrected chi connectivity index (χ2v) is 4.80. The van der Waals surface area contributed by atoms with E-state index in [-0.39, 0.29) is 18.1 Å². The van der Waals surface area contributed by atoms with Crippen LogP contribution in [0.3, 0.4) is 0 Å². The van der Waals surface area contributed by atoms with Gasteiger partial charge in [0.1, 0.15) is 5.69 Å². The minimum atomic E-state index is -1.03. The van der Waals surface area contributed by atoms with Gasteiger partial charge < -0.3 is 24.0 Å². The third-order valence-electron chi connectivity index (χ3n) is 3.65. The number of amides is 1. The Bertz CT molecular complexity index is 545. The highest BCUT2D eigenvalue weighted by molar-refractivity contribution is 5.98. The van der Waals surface area contributed by atoms with Crippen LogP contribution >= 0.6 is 0 Å². The summed E-state index contributed by atoms with van der Waals surface area (Å²) in [6.07, 6.45) is 0. The molecule has 7 heteroatoms. The Kier molecular flexibility index (Phi) is 3.45. The number of ether oxygens (including phenoxy) is 2. The first-order chi connectivity index (χ1) is 9.68. The molecule has 1 amide bonds. The summed E-state index contributed by atoms with van der Waals surface area (Å²) in [6, 6.07) is 1.46. The average Bonchev–Trinajstić information content (AvgIpc) is 2.87. The third kappa shape index (κ3) is 2.19. The maximum absolute atomic E-state index is 12.5. The molecule has 1 N–H and O–H groups in total. The van der Waals surface area contributed by atoms with Gasteiger partial charge in [-0.3, -0.25) is 4.79 Å². The standard InChI is InChI=1S/C13H16N2O5/c16-12(14-1-4-19-5-2-14)10-7-9(13(17)18)11-8-20-6-3-15(10)11/h7H,1-6,8H2,(H,17,18). The van der Waals surface area contributed by atoms with Gasteiger partial charge in [0.2, 0.25) is 0 Å². The molecule has 0 aromatic carbocycles. The molecule has 0 bridgehead atoms. The van der Waals surface area contributed by atoms with Crippen LogP contribution in [0.5, 0.6) is 0 Å². The van der Waals surface area contributed by atoms with E-state index in [9.17, 15) is 14.7 Å². The van der Waals surface area contributed by atoms with Crippen molar-refractivity contribution in [2.75, 3.05) is 32.9 Å². The first-order valence-electron chi connectivity index (χ1n) is 6.59. The quantitative estimate of drug-likeness (QED) is 0.836. The zero-order chi connectivity index (χ0) is 14.1. The number of hydrogen-bond acceptors (Lipinski definition) is 4. The SMILES string of the molecule is O=C(O)c1cc(C(=O)N2CCOCC2)n2c1COCC2. The molecule has 0 saturated carbocycles. The maximum atomic E-state index is 12.5. The van der Waals surface area contributed by atoms with Gasteiger partial charge in [0.05, 0.1) is 37.7 Å². The van der Waals surface area contributed by atoms with Crippen molar-refractivity contribution < 1.29 is 24.2 Å². The number of carbonyl (C=O) groups excluding carboxylic acids is 1. The number of fused-ring (bicyclic) bond motifs is 1. The molecule has 2 aliphatic heterocycles. The molecule has 108 valence electrons. The Labute approximate surface area is 115 Å². The van der Waals surface area contributed by atoms with Crippen molar-refractivity contribution in [2.24, 2.45) is 0 Å². The van der Waals surface area contributed by atoms with Crippen LogP contribution in [0.2, 0.25) is 0 Å². The van der Waals surface area contributed by atoms with Crippen LogP contribution in [0.25, 0.3) is 0 Å². The third-order valence-corrected chi connectivity index (χ3v) is 3.65. The van der Waals surface area contributed by atoms with Crippen LogP contribution in [-0.4, -0.2) is 59.4 Å². The molecule has 0 atom stereocenters. The molecular formula is C13H16N2O5. The predicted octanol–water partition coefficient (Wildman–Crippen LogP) is 0.189. The molecule has 1 fully saturated rings. The van der Waals surface area contributed by atoms with Crippen molar-refractivity contribution in [3.8, 4) is 0 Å². The monoisotopic (exact) mass is 280 g/mol. The number of aromatic nitrogens is 1. The summed E-state index contributed by atoms with van der Waals surface area (Å²) < 4.78 is 12.3. The van der Waals surface area contributed by atoms with Crippen molar-refractivity contribution in [1.29, 1.82) is 0 Å². The van der Waals surface area contributed by atoms with E-state index in [0.29, 0.717) is 50.8 Å². The van der Waals surface area contributed by atoms with Gasteiger partial charge in [-0.1, -0.05) is 0 Å². The number of aromatic carboxylic acids is 1. The van der Waals surface area contributed by atoms with Crippen molar-refractivity contribution in [1.82, 2.24) is 9.47 Å². The van der Waals surface area contributed by atoms with Gasteiger partial charge in [0, 0.05) is 19.6 Å². The zero-order valence-corrected chi connectivity index (χ0v) is 11.0. The fraction of sp³-hybridized carbons (Fsp3) is 0.538. The van der Waals surface area contributed by atoms with Gasteiger partial charge >= 0.3 is 5.97 Å². The first-order valence-corrected chi connectivity index (χ1v) is 6.59. The minimum absolute atomic E-state index is 0.135. The van der Waals surface area contributed by atoms with E-state index >= 15 is 0 Å². The lowest BCUT2D eigenvalue weighted by Gasteiger charge is -2.28. The second-order valence-electron chi connectivity index (χ2n) is 4.80. The highest BCUT2D eigenvalue weighted by atomic mass is 16.5. The van der Waals surface area contributed by atoms with E-state index in [4.69, 9.17) is 9.47 Å². The molecule has 3 heterocycles. The molecule has 1 aromatic rings. The topological polar surface area (TPSA) is 81.0 Å². The number of nitrogens with zero attached hydrogens (tertiary/aromatic N) is 2. The van der Waals surface area contributed by atoms with Crippen LogP contribution in [0, 0.1) is 0 Å². The highest BCUT2D eigenvalue weighted by Gasteiger charge is 2.28. The van der Waals surface area contributed by atoms with Crippen molar-refractivity contribution in [3.05, 3.63) is 23.0 Å². The Morgan fingerprint density at radius 3 is 2.50 bits per heavy atom. The number of hydrogen-bond donors (Lipinski definition) is 1. The number of carbonyl (C=O) groups is 2. The summed E-state index contributed by atoms with van der Waals surface area (Å²) in [5.41, 5.74) is 1.16. The van der Waals surface area contributed by atoms with E-state index < -0.39 is 5.97 Å². The predicted molar refractivity (Wildman–Crippen MR) is 67.8 cm³/mol. The summed E-state index contributed by atoms with van der Waals surface area (Å²) in [4.78, 5) is 25.5. The summed E-state index contributed by atoms with van der Waals surface area (Å²) >= 11 is 0. The number of carboxylic acid groups (broad SMARTS) is 1. The van der Waals surface area contributed by atoms with Crippen LogP contribution in [0.4, 0.5) is 0 Å². The zero-order valence-electron chi connectivity index (χ0n) is 11.0. The molecule has 7 nitrogen and oxygen atoms in total. The molecular weight excluding hydrogens is 264 g/mol. The van der Waals surface area contributed by atoms with Gasteiger partial charge in [0.15, 0.2) is 0 Å². The molecule has 3 rings (SSSR count). The number of morpholine rings is 1. The van der Waals surface area contributed by atoms with Crippen molar-refractivity contribution >= 4 is 11.9 Å². The maximum Gasteiger partial charge on any atom is 0.337 e. The van der Waals surface area contributed by atoms with Crippen molar-refractivity contribution in [2.45, 2.75) is 13.2 Å². The first kappa shape index (κ1) is 13.1. The normalized spacial score (nSPS) is 18.7. The molecule has 1 aromatic heterocycles. The minimum Gasteiger partial charge on any atom is -0.478 e. The molecule has 0 spiro atoms. The lowest BCUT2D eigenvalue weighted by molar-refractivity contribution is 0.0287. The van der Waals surface area contributed by atoms with E-state index in [2.05, 4.69) is 0 Å². The van der Waals surface area contributed by atoms with E-state index in [1.165, 1.54) is 6.07 Å². The van der Waals surface area contributed by atoms with Crippen LogP contribution in [0.1, 0.15) is 26.5 Å². The molecule has 1 saturated heterocycles. The van der Waals surface area contributed by atoms with Gasteiger partial charge in [-0.2, -0.15) is 0 Å². The summed E-state index contributed by atoms with van der Waals surface area (Å²) in [6.45, 7) is 3.36. The Balaban J connectivity index is 1.96. The van der Waals surface area contributed by atoms with Gasteiger partial charge in [-0.25, -0.2) is 4.79 Å². The average molecular weight is 280 g/mol. The van der Waals surface area contributed by atoms with Crippen LogP contribution in [0.15, 0.2) is 6.07 Å². The molecule has 2 aliphatic rings. The Morgan fingerprint density at radius 2 is 1.80 bits per heavy atom. The van der Waals surface area contributed by atoms with Crippen molar-refractivity contribution in [3.63, 3.8) is 0 Å². The number of carboxylic acids is 1. The fourth-order valence-corrected chi connectivity index (χ4v) is 2.62. The molecule has 0 aliphatic carbocycles. The smallest absolute Gasteiger partial charge is 0.337 e. The lowest BCUT2D eigenvalue weighted by atomic mass is 10.2. The Morgan fingerprint density at radius 1 is 1.10 bits per heavy atom. The summed E-state index contributed by atoms with van der Waals surface area (Å²) in [5, 5.41) is 9.23. The van der Waals surface area contributed by atoms with Gasteiger partial charge in [-0.05, 0) is 6.07 Å². The van der Waals surface area contributed by atoms with Crippen LogP contribution < -0.4 is 0 Å². The van der Waals surface area contributed by atoms with Crippen LogP contribution in [-0.2, 0) is 22.6 Å². The number of rotatable bonds is 2. The lowest BCUT2D eigenvalue weighted by Crippen LogP contribution is -2.41. The highest BCUT2D eigenvalue weighted by Crippen LogP contribution is 2.22. The molecule has 0 unspecified atom stereocenters. The van der Waals surface area contributed by atoms with E-state index in [1.807, 2.05) is 0 Å². The summed E-state index contributed by atoms with van der Waals surface area (Å²) in [5.74, 6) is -1.16. The largest absolute Gasteiger partial charge is 0.478 e. The molecule has 0 radical (unpaired) electrons. The second kappa shape index (κ2) is 5.26. The van der Waals surface area contributed by atoms with E-state index in [0.717, 1.165) is 0 Å². The van der Waals surface area contributed by atoms with Gasteiger partial charge in [0.25, 0.3) is 5.91 Å². The Hall–Kier alpha value is -1.86. The fourth-order valence-electron chi connectivity index (χ4n) is 2.62.